The van der Waals surface area contributed by atoms with E-state index in [1.807, 2.05) is 0 Å². The van der Waals surface area contributed by atoms with Crippen molar-refractivity contribution in [1.82, 2.24) is 4.57 Å². The van der Waals surface area contributed by atoms with Crippen LogP contribution in [0.2, 0.25) is 37.8 Å². The predicted octanol–water partition coefficient (Wildman–Crippen LogP) is 5.06. The van der Waals surface area contributed by atoms with Crippen molar-refractivity contribution in [2.45, 2.75) is 78.3 Å². The monoisotopic (exact) mass is 288 g/mol. The van der Waals surface area contributed by atoms with Crippen LogP contribution in [0.15, 0.2) is 0 Å². The van der Waals surface area contributed by atoms with Crippen molar-refractivity contribution in [1.29, 1.82) is 0 Å². The molecule has 0 aromatic rings. The highest BCUT2D eigenvalue weighted by Gasteiger charge is 2.38. The Morgan fingerprint density at radius 2 is 1.56 bits per heavy atom. The maximum atomic E-state index is 6.25. The number of unbranched alkanes of at least 4 members (excludes halogenated alkanes) is 1. The fourth-order valence-electron chi connectivity index (χ4n) is 1.25. The van der Waals surface area contributed by atoms with Gasteiger partial charge in [0, 0.05) is 0 Å². The Labute approximate surface area is 117 Å². The van der Waals surface area contributed by atoms with Gasteiger partial charge in [-0.3, -0.25) is 4.57 Å². The van der Waals surface area contributed by atoms with Crippen LogP contribution in [0.4, 0.5) is 0 Å². The zero-order chi connectivity index (χ0) is 14.6. The maximum Gasteiger partial charge on any atom is 0.194 e. The van der Waals surface area contributed by atoms with E-state index >= 15 is 0 Å². The molecule has 0 unspecified atom stereocenters. The van der Waals surface area contributed by atoms with Crippen molar-refractivity contribution in [2.75, 3.05) is 6.54 Å². The van der Waals surface area contributed by atoms with Gasteiger partial charge < -0.3 is 4.43 Å². The Hall–Kier alpha value is 0.354. The van der Waals surface area contributed by atoms with Crippen molar-refractivity contribution >= 4 is 16.6 Å². The Balaban J connectivity index is 4.53. The van der Waals surface area contributed by atoms with Gasteiger partial charge in [0.1, 0.15) is 15.0 Å². The smallest absolute Gasteiger partial charge is 0.194 e. The fraction of sp³-hybridized carbons (Fsp3) is 0.929. The number of rotatable bonds is 7. The summed E-state index contributed by atoms with van der Waals surface area (Å²) >= 11 is 0. The van der Waals surface area contributed by atoms with Crippen molar-refractivity contribution in [3.8, 4) is 0 Å². The zero-order valence-corrected chi connectivity index (χ0v) is 16.1. The molecule has 0 saturated heterocycles. The lowest BCUT2D eigenvalue weighted by Crippen LogP contribution is -2.49. The van der Waals surface area contributed by atoms with Crippen LogP contribution in [0.1, 0.15) is 40.5 Å². The molecule has 109 valence electrons. The highest BCUT2D eigenvalue weighted by atomic mass is 28.4. The molecule has 0 fully saturated rings. The Morgan fingerprint density at radius 3 is 1.89 bits per heavy atom. The first-order valence-electron chi connectivity index (χ1n) is 7.19. The molecule has 0 rings (SSSR count). The minimum Gasteiger partial charge on any atom is -0.398 e. The minimum atomic E-state index is -1.66. The number of hydrogen-bond acceptors (Lipinski definition) is 2. The summed E-state index contributed by atoms with van der Waals surface area (Å²) in [7, 11) is -2.97. The topological polar surface area (TPSA) is 12.5 Å². The van der Waals surface area contributed by atoms with Crippen LogP contribution in [0.25, 0.3) is 0 Å². The SMILES string of the molecule is CCCCN([CH]O[Si](C)(C)C(C)(C)C)[Si](C)(C)C. The second kappa shape index (κ2) is 6.68. The Morgan fingerprint density at radius 1 is 1.06 bits per heavy atom. The van der Waals surface area contributed by atoms with Crippen molar-refractivity contribution in [3.05, 3.63) is 6.73 Å². The van der Waals surface area contributed by atoms with E-state index in [0.717, 1.165) is 6.54 Å². The summed E-state index contributed by atoms with van der Waals surface area (Å²) in [5.41, 5.74) is 0. The summed E-state index contributed by atoms with van der Waals surface area (Å²) in [5.74, 6) is 0. The molecule has 2 nitrogen and oxygen atoms in total. The van der Waals surface area contributed by atoms with Crippen LogP contribution in [0.3, 0.4) is 0 Å². The third kappa shape index (κ3) is 6.00. The summed E-state index contributed by atoms with van der Waals surface area (Å²) < 4.78 is 8.74. The largest absolute Gasteiger partial charge is 0.398 e. The lowest BCUT2D eigenvalue weighted by atomic mass is 10.2. The first-order valence-corrected chi connectivity index (χ1v) is 13.6. The third-order valence-corrected chi connectivity index (χ3v) is 10.3. The van der Waals surface area contributed by atoms with Crippen molar-refractivity contribution in [2.24, 2.45) is 0 Å². The molecule has 0 aliphatic heterocycles. The average molecular weight is 289 g/mol. The molecule has 0 aromatic heterocycles. The second-order valence-corrected chi connectivity index (χ2v) is 17.4. The first kappa shape index (κ1) is 18.4. The van der Waals surface area contributed by atoms with E-state index in [0.29, 0.717) is 0 Å². The van der Waals surface area contributed by atoms with Gasteiger partial charge in [-0.1, -0.05) is 53.8 Å². The minimum absolute atomic E-state index is 0.277. The Bertz CT molecular complexity index is 241. The molecular formula is C14H34NOSi2. The van der Waals surface area contributed by atoms with E-state index in [-0.39, 0.29) is 5.04 Å². The van der Waals surface area contributed by atoms with E-state index in [4.69, 9.17) is 4.43 Å². The van der Waals surface area contributed by atoms with Gasteiger partial charge in [0.15, 0.2) is 8.32 Å². The molecule has 4 heteroatoms. The summed E-state index contributed by atoms with van der Waals surface area (Å²) in [4.78, 5) is 0. The molecule has 1 radical (unpaired) electrons. The van der Waals surface area contributed by atoms with Crippen molar-refractivity contribution in [3.63, 3.8) is 0 Å². The quantitative estimate of drug-likeness (QED) is 0.607. The van der Waals surface area contributed by atoms with Crippen LogP contribution < -0.4 is 0 Å². The van der Waals surface area contributed by atoms with Gasteiger partial charge >= 0.3 is 0 Å². The molecule has 0 heterocycles. The van der Waals surface area contributed by atoms with Gasteiger partial charge in [-0.05, 0) is 31.1 Å². The van der Waals surface area contributed by atoms with E-state index in [1.165, 1.54) is 12.8 Å². The summed E-state index contributed by atoms with van der Waals surface area (Å²) in [6, 6.07) is 0. The zero-order valence-electron chi connectivity index (χ0n) is 14.1. The second-order valence-electron chi connectivity index (χ2n) is 7.70. The van der Waals surface area contributed by atoms with Crippen LogP contribution in [0, 0.1) is 6.73 Å². The van der Waals surface area contributed by atoms with E-state index in [1.54, 1.807) is 0 Å². The van der Waals surface area contributed by atoms with Gasteiger partial charge in [0.2, 0.25) is 0 Å². The molecule has 0 N–H and O–H groups in total. The fourth-order valence-corrected chi connectivity index (χ4v) is 3.29. The number of hydrogen-bond donors (Lipinski definition) is 0. The van der Waals surface area contributed by atoms with E-state index < -0.39 is 16.6 Å². The van der Waals surface area contributed by atoms with Gasteiger partial charge in [0.05, 0.1) is 0 Å². The van der Waals surface area contributed by atoms with Gasteiger partial charge in [-0.15, -0.1) is 0 Å². The molecule has 0 amide bonds. The first-order chi connectivity index (χ1) is 7.92. The molecule has 0 aliphatic carbocycles. The molecule has 0 atom stereocenters. The van der Waals surface area contributed by atoms with Crippen molar-refractivity contribution < 1.29 is 4.43 Å². The average Bonchev–Trinajstić information content (AvgIpc) is 2.13. The van der Waals surface area contributed by atoms with Crippen LogP contribution in [0.5, 0.6) is 0 Å². The standard InChI is InChI=1S/C14H34NOSi2/c1-10-11-12-15(17(5,6)7)13-16-18(8,9)14(2,3)4/h13H,10-12H2,1-9H3. The summed E-state index contributed by atoms with van der Waals surface area (Å²) in [6.45, 7) is 24.1. The molecular weight excluding hydrogens is 254 g/mol. The lowest BCUT2D eigenvalue weighted by Gasteiger charge is -2.40. The summed E-state index contributed by atoms with van der Waals surface area (Å²) in [5, 5.41) is 0.277. The van der Waals surface area contributed by atoms with Crippen LogP contribution in [-0.2, 0) is 4.43 Å². The third-order valence-electron chi connectivity index (χ3n) is 3.89. The van der Waals surface area contributed by atoms with Gasteiger partial charge in [-0.25, -0.2) is 0 Å². The highest BCUT2D eigenvalue weighted by Crippen LogP contribution is 2.37. The molecule has 18 heavy (non-hydrogen) atoms. The predicted molar refractivity (Wildman–Crippen MR) is 87.5 cm³/mol. The molecule has 0 aliphatic rings. The van der Waals surface area contributed by atoms with Gasteiger partial charge in [0.25, 0.3) is 0 Å². The summed E-state index contributed by atoms with van der Waals surface area (Å²) in [6.07, 6.45) is 2.50. The van der Waals surface area contributed by atoms with Crippen LogP contribution in [-0.4, -0.2) is 27.7 Å². The molecule has 0 aromatic carbocycles. The van der Waals surface area contributed by atoms with Gasteiger partial charge in [-0.2, -0.15) is 0 Å². The normalized spacial score (nSPS) is 14.3. The highest BCUT2D eigenvalue weighted by molar-refractivity contribution is 6.75. The molecule has 0 spiro atoms. The maximum absolute atomic E-state index is 6.25. The molecule has 0 saturated carbocycles. The van der Waals surface area contributed by atoms with E-state index in [2.05, 4.69) is 71.7 Å². The Kier molecular flexibility index (Phi) is 6.81. The lowest BCUT2D eigenvalue weighted by molar-refractivity contribution is 0.257. The van der Waals surface area contributed by atoms with E-state index in [9.17, 15) is 0 Å². The number of nitrogens with zero attached hydrogens (tertiary/aromatic N) is 1. The van der Waals surface area contributed by atoms with Crippen LogP contribution >= 0.6 is 0 Å². The molecule has 0 bridgehead atoms.